The molecule has 2 aliphatic rings. The van der Waals surface area contributed by atoms with Crippen molar-refractivity contribution in [1.29, 1.82) is 0 Å². The van der Waals surface area contributed by atoms with E-state index in [9.17, 15) is 9.18 Å². The zero-order valence-electron chi connectivity index (χ0n) is 13.7. The highest BCUT2D eigenvalue weighted by molar-refractivity contribution is 7.80. The standard InChI is InChI=1S/C18H23FN2O2S/c19-15-5-3-13(4-6-15)17(22)14-7-9-21(10-8-14)18(24)20-12-16-2-1-11-23-16/h3-6,14,16H,1-2,7-12H2,(H,20,24)/t16-/m1/s1. The second kappa shape index (κ2) is 8.03. The summed E-state index contributed by atoms with van der Waals surface area (Å²) in [5, 5.41) is 4.03. The molecule has 6 heteroatoms. The molecule has 2 fully saturated rings. The number of halogens is 1. The fourth-order valence-corrected chi connectivity index (χ4v) is 3.58. The lowest BCUT2D eigenvalue weighted by molar-refractivity contribution is 0.0871. The van der Waals surface area contributed by atoms with Gasteiger partial charge in [-0.1, -0.05) is 0 Å². The van der Waals surface area contributed by atoms with Crippen LogP contribution in [0.15, 0.2) is 24.3 Å². The molecule has 4 nitrogen and oxygen atoms in total. The van der Waals surface area contributed by atoms with E-state index in [0.29, 0.717) is 5.56 Å². The Balaban J connectivity index is 1.45. The monoisotopic (exact) mass is 350 g/mol. The van der Waals surface area contributed by atoms with Crippen molar-refractivity contribution < 1.29 is 13.9 Å². The van der Waals surface area contributed by atoms with Gasteiger partial charge in [-0.15, -0.1) is 0 Å². The molecular formula is C18H23FN2O2S. The zero-order chi connectivity index (χ0) is 16.9. The summed E-state index contributed by atoms with van der Waals surface area (Å²) in [5.41, 5.74) is 0.592. The number of hydrogen-bond donors (Lipinski definition) is 1. The number of likely N-dealkylation sites (tertiary alicyclic amines) is 1. The Morgan fingerprint density at radius 2 is 1.96 bits per heavy atom. The highest BCUT2D eigenvalue weighted by Crippen LogP contribution is 2.22. The third-order valence-corrected chi connectivity index (χ3v) is 5.19. The quantitative estimate of drug-likeness (QED) is 0.668. The summed E-state index contributed by atoms with van der Waals surface area (Å²) in [6.45, 7) is 3.15. The van der Waals surface area contributed by atoms with Gasteiger partial charge in [0.2, 0.25) is 0 Å². The second-order valence-electron chi connectivity index (χ2n) is 6.45. The van der Waals surface area contributed by atoms with Crippen LogP contribution in [-0.4, -0.2) is 48.1 Å². The summed E-state index contributed by atoms with van der Waals surface area (Å²) in [4.78, 5) is 14.6. The fourth-order valence-electron chi connectivity index (χ4n) is 3.31. The third kappa shape index (κ3) is 4.30. The zero-order valence-corrected chi connectivity index (χ0v) is 14.5. The number of Topliss-reactive ketones (excluding diaryl/α,β-unsaturated/α-hetero) is 1. The molecule has 0 aromatic heterocycles. The minimum atomic E-state index is -0.316. The SMILES string of the molecule is O=C(c1ccc(F)cc1)C1CCN(C(=S)NC[C@H]2CCCO2)CC1. The second-order valence-corrected chi connectivity index (χ2v) is 6.84. The molecule has 130 valence electrons. The van der Waals surface area contributed by atoms with Crippen molar-refractivity contribution in [2.75, 3.05) is 26.2 Å². The predicted molar refractivity (Wildman–Crippen MR) is 94.6 cm³/mol. The van der Waals surface area contributed by atoms with E-state index in [1.165, 1.54) is 12.1 Å². The Morgan fingerprint density at radius 1 is 1.25 bits per heavy atom. The fraction of sp³-hybridized carbons (Fsp3) is 0.556. The number of nitrogens with one attached hydrogen (secondary N) is 1. The lowest BCUT2D eigenvalue weighted by Gasteiger charge is -2.33. The Morgan fingerprint density at radius 3 is 2.58 bits per heavy atom. The Hall–Kier alpha value is -1.53. The van der Waals surface area contributed by atoms with Crippen LogP contribution in [0.25, 0.3) is 0 Å². The van der Waals surface area contributed by atoms with Gasteiger partial charge in [-0.05, 0) is 62.2 Å². The summed E-state index contributed by atoms with van der Waals surface area (Å²) in [6.07, 6.45) is 4.02. The summed E-state index contributed by atoms with van der Waals surface area (Å²) >= 11 is 5.45. The molecule has 1 atom stereocenters. The molecule has 0 amide bonds. The molecule has 2 saturated heterocycles. The van der Waals surface area contributed by atoms with Crippen LogP contribution in [0, 0.1) is 11.7 Å². The molecule has 0 spiro atoms. The number of hydrogen-bond acceptors (Lipinski definition) is 3. The van der Waals surface area contributed by atoms with Gasteiger partial charge in [0.1, 0.15) is 5.82 Å². The van der Waals surface area contributed by atoms with Crippen LogP contribution in [0.2, 0.25) is 0 Å². The van der Waals surface area contributed by atoms with Crippen LogP contribution < -0.4 is 5.32 Å². The molecule has 0 aliphatic carbocycles. The lowest BCUT2D eigenvalue weighted by Crippen LogP contribution is -2.47. The first-order valence-corrected chi connectivity index (χ1v) is 8.98. The van der Waals surface area contributed by atoms with Gasteiger partial charge in [-0.25, -0.2) is 4.39 Å². The summed E-state index contributed by atoms with van der Waals surface area (Å²) in [6, 6.07) is 5.81. The summed E-state index contributed by atoms with van der Waals surface area (Å²) in [7, 11) is 0. The minimum absolute atomic E-state index is 0.00678. The Labute approximate surface area is 147 Å². The summed E-state index contributed by atoms with van der Waals surface area (Å²) < 4.78 is 18.6. The first-order valence-electron chi connectivity index (χ1n) is 8.57. The van der Waals surface area contributed by atoms with E-state index in [-0.39, 0.29) is 23.6 Å². The number of carbonyl (C=O) groups excluding carboxylic acids is 1. The summed E-state index contributed by atoms with van der Waals surface area (Å²) in [5.74, 6) is -0.218. The van der Waals surface area contributed by atoms with Gasteiger partial charge in [0, 0.05) is 37.7 Å². The maximum Gasteiger partial charge on any atom is 0.169 e. The largest absolute Gasteiger partial charge is 0.376 e. The van der Waals surface area contributed by atoms with Crippen molar-refractivity contribution in [2.24, 2.45) is 5.92 Å². The third-order valence-electron chi connectivity index (χ3n) is 4.79. The topological polar surface area (TPSA) is 41.6 Å². The van der Waals surface area contributed by atoms with E-state index in [4.69, 9.17) is 17.0 Å². The van der Waals surface area contributed by atoms with Crippen molar-refractivity contribution >= 4 is 23.1 Å². The average molecular weight is 350 g/mol. The molecule has 2 heterocycles. The molecule has 0 bridgehead atoms. The number of ketones is 1. The lowest BCUT2D eigenvalue weighted by atomic mass is 9.89. The smallest absolute Gasteiger partial charge is 0.169 e. The molecule has 0 radical (unpaired) electrons. The van der Waals surface area contributed by atoms with E-state index >= 15 is 0 Å². The van der Waals surface area contributed by atoms with E-state index in [2.05, 4.69) is 10.2 Å². The highest BCUT2D eigenvalue weighted by Gasteiger charge is 2.27. The molecule has 24 heavy (non-hydrogen) atoms. The minimum Gasteiger partial charge on any atom is -0.376 e. The number of piperidine rings is 1. The molecule has 0 unspecified atom stereocenters. The Kier molecular flexibility index (Phi) is 5.79. The maximum atomic E-state index is 13.0. The number of benzene rings is 1. The van der Waals surface area contributed by atoms with Gasteiger partial charge in [0.15, 0.2) is 10.9 Å². The Bertz CT molecular complexity index is 579. The number of thiocarbonyl (C=S) groups is 1. The van der Waals surface area contributed by atoms with Crippen molar-refractivity contribution in [3.63, 3.8) is 0 Å². The van der Waals surface area contributed by atoms with Gasteiger partial charge in [-0.2, -0.15) is 0 Å². The number of ether oxygens (including phenoxy) is 1. The van der Waals surface area contributed by atoms with Crippen LogP contribution in [0.4, 0.5) is 4.39 Å². The first kappa shape index (κ1) is 17.3. The molecule has 0 saturated carbocycles. The highest BCUT2D eigenvalue weighted by atomic mass is 32.1. The van der Waals surface area contributed by atoms with Gasteiger partial charge in [0.25, 0.3) is 0 Å². The van der Waals surface area contributed by atoms with Crippen molar-refractivity contribution in [3.05, 3.63) is 35.6 Å². The molecule has 3 rings (SSSR count). The normalized spacial score (nSPS) is 21.7. The average Bonchev–Trinajstić information content (AvgIpc) is 3.13. The number of nitrogens with zero attached hydrogens (tertiary/aromatic N) is 1. The van der Waals surface area contributed by atoms with E-state index in [1.54, 1.807) is 12.1 Å². The van der Waals surface area contributed by atoms with Crippen LogP contribution in [0.3, 0.4) is 0 Å². The van der Waals surface area contributed by atoms with Gasteiger partial charge < -0.3 is 15.0 Å². The predicted octanol–water partition coefficient (Wildman–Crippen LogP) is 2.77. The molecule has 1 aromatic rings. The van der Waals surface area contributed by atoms with Crippen LogP contribution >= 0.6 is 12.2 Å². The molecule has 1 aromatic carbocycles. The van der Waals surface area contributed by atoms with E-state index in [1.807, 2.05) is 0 Å². The van der Waals surface area contributed by atoms with Crippen LogP contribution in [0.1, 0.15) is 36.0 Å². The van der Waals surface area contributed by atoms with Gasteiger partial charge in [-0.3, -0.25) is 4.79 Å². The van der Waals surface area contributed by atoms with Gasteiger partial charge >= 0.3 is 0 Å². The van der Waals surface area contributed by atoms with Gasteiger partial charge in [0.05, 0.1) is 6.10 Å². The van der Waals surface area contributed by atoms with E-state index < -0.39 is 0 Å². The van der Waals surface area contributed by atoms with E-state index in [0.717, 1.165) is 57.0 Å². The molecular weight excluding hydrogens is 327 g/mol. The van der Waals surface area contributed by atoms with Crippen molar-refractivity contribution in [3.8, 4) is 0 Å². The van der Waals surface area contributed by atoms with Crippen molar-refractivity contribution in [2.45, 2.75) is 31.8 Å². The van der Waals surface area contributed by atoms with Crippen LogP contribution in [0.5, 0.6) is 0 Å². The van der Waals surface area contributed by atoms with Crippen molar-refractivity contribution in [1.82, 2.24) is 10.2 Å². The van der Waals surface area contributed by atoms with Crippen LogP contribution in [-0.2, 0) is 4.74 Å². The first-order chi connectivity index (χ1) is 11.6. The maximum absolute atomic E-state index is 13.0. The molecule has 2 aliphatic heterocycles. The number of rotatable bonds is 4. The molecule has 1 N–H and O–H groups in total. The number of carbonyl (C=O) groups is 1.